The molecule has 18 heavy (non-hydrogen) atoms. The van der Waals surface area contributed by atoms with Gasteiger partial charge in [-0.2, -0.15) is 0 Å². The topological polar surface area (TPSA) is 46.4 Å². The van der Waals surface area contributed by atoms with Crippen LogP contribution in [-0.2, 0) is 0 Å². The molecule has 1 rings (SSSR count). The second kappa shape index (κ2) is 5.23. The van der Waals surface area contributed by atoms with Gasteiger partial charge in [0.1, 0.15) is 8.07 Å². The van der Waals surface area contributed by atoms with E-state index in [1.807, 2.05) is 25.1 Å². The van der Waals surface area contributed by atoms with E-state index in [1.165, 1.54) is 6.07 Å². The average molecular weight is 262 g/mol. The van der Waals surface area contributed by atoms with Gasteiger partial charge in [-0.1, -0.05) is 25.6 Å². The molecule has 0 fully saturated rings. The molecule has 0 saturated heterocycles. The lowest BCUT2D eigenvalue weighted by atomic mass is 10.2. The molecule has 0 aromatic heterocycles. The molecule has 0 radical (unpaired) electrons. The summed E-state index contributed by atoms with van der Waals surface area (Å²) in [6.45, 7) is 6.43. The first-order valence-corrected chi connectivity index (χ1v) is 9.19. The van der Waals surface area contributed by atoms with Gasteiger partial charge in [-0.25, -0.2) is 0 Å². The molecular weight excluding hydrogens is 244 g/mol. The van der Waals surface area contributed by atoms with E-state index in [9.17, 15) is 10.1 Å². The monoisotopic (exact) mass is 262 g/mol. The number of hydrogen-bond donors (Lipinski definition) is 0. The highest BCUT2D eigenvalue weighted by Gasteiger charge is 2.11. The van der Waals surface area contributed by atoms with E-state index >= 15 is 0 Å². The summed E-state index contributed by atoms with van der Waals surface area (Å²) in [5.41, 5.74) is 4.80. The maximum absolute atomic E-state index is 10.9. The number of nitro groups is 1. The molecule has 0 amide bonds. The molecule has 1 aromatic carbocycles. The van der Waals surface area contributed by atoms with Crippen LogP contribution in [0, 0.1) is 21.6 Å². The molecule has 4 nitrogen and oxygen atoms in total. The van der Waals surface area contributed by atoms with Crippen LogP contribution < -0.4 is 4.90 Å². The van der Waals surface area contributed by atoms with Crippen molar-refractivity contribution in [2.45, 2.75) is 19.6 Å². The smallest absolute Gasteiger partial charge is 0.272 e. The summed E-state index contributed by atoms with van der Waals surface area (Å²) in [5.74, 6) is 3.06. The molecular formula is C13H18N2O2Si. The minimum Gasteiger partial charge on any atom is -0.377 e. The normalized spacial score (nSPS) is 10.5. The number of rotatable bonds is 2. The third kappa shape index (κ3) is 4.22. The minimum absolute atomic E-state index is 0.0843. The van der Waals surface area contributed by atoms with Crippen LogP contribution in [0.4, 0.5) is 11.4 Å². The van der Waals surface area contributed by atoms with Gasteiger partial charge in [-0.05, 0) is 6.07 Å². The molecule has 0 atom stereocenters. The molecule has 0 aliphatic carbocycles. The van der Waals surface area contributed by atoms with Crippen molar-refractivity contribution < 1.29 is 4.92 Å². The van der Waals surface area contributed by atoms with Gasteiger partial charge >= 0.3 is 0 Å². The third-order valence-electron chi connectivity index (χ3n) is 2.21. The standard InChI is InChI=1S/C13H18N2O2Si/c1-14(2)12-8-11(6-7-18(3,4)5)9-13(10-12)15(16)17/h8-10H,1-5H3. The van der Waals surface area contributed by atoms with Crippen molar-refractivity contribution >= 4 is 19.4 Å². The number of nitro benzene ring substituents is 1. The average Bonchev–Trinajstić information content (AvgIpc) is 2.25. The number of non-ortho nitro benzene ring substituents is 1. The molecule has 0 unspecified atom stereocenters. The van der Waals surface area contributed by atoms with Crippen LogP contribution in [0.1, 0.15) is 5.56 Å². The molecule has 0 heterocycles. The largest absolute Gasteiger partial charge is 0.377 e. The zero-order chi connectivity index (χ0) is 13.9. The van der Waals surface area contributed by atoms with Crippen LogP contribution in [0.5, 0.6) is 0 Å². The summed E-state index contributed by atoms with van der Waals surface area (Å²) in [6, 6.07) is 4.96. The van der Waals surface area contributed by atoms with Crippen LogP contribution in [0.15, 0.2) is 18.2 Å². The Kier molecular flexibility index (Phi) is 4.14. The first-order chi connectivity index (χ1) is 8.19. The summed E-state index contributed by atoms with van der Waals surface area (Å²) in [6.07, 6.45) is 0. The Labute approximate surface area is 109 Å². The van der Waals surface area contributed by atoms with Crippen LogP contribution >= 0.6 is 0 Å². The molecule has 1 aromatic rings. The van der Waals surface area contributed by atoms with Crippen LogP contribution in [0.25, 0.3) is 0 Å². The van der Waals surface area contributed by atoms with E-state index < -0.39 is 8.07 Å². The Hall–Kier alpha value is -1.80. The minimum atomic E-state index is -1.47. The Balaban J connectivity index is 3.26. The van der Waals surface area contributed by atoms with E-state index in [-0.39, 0.29) is 10.6 Å². The van der Waals surface area contributed by atoms with Crippen molar-refractivity contribution in [3.8, 4) is 11.5 Å². The summed E-state index contributed by atoms with van der Waals surface area (Å²) in [7, 11) is 2.24. The maximum atomic E-state index is 10.9. The Morgan fingerprint density at radius 2 is 1.83 bits per heavy atom. The number of anilines is 1. The summed E-state index contributed by atoms with van der Waals surface area (Å²) in [4.78, 5) is 12.3. The van der Waals surface area contributed by atoms with Gasteiger partial charge in [-0.3, -0.25) is 10.1 Å². The Bertz CT molecular complexity index is 522. The predicted octanol–water partition coefficient (Wildman–Crippen LogP) is 2.89. The molecule has 0 N–H and O–H groups in total. The Morgan fingerprint density at radius 1 is 1.22 bits per heavy atom. The van der Waals surface area contributed by atoms with Gasteiger partial charge < -0.3 is 4.90 Å². The quantitative estimate of drug-likeness (QED) is 0.356. The predicted molar refractivity (Wildman–Crippen MR) is 77.6 cm³/mol. The fraction of sp³-hybridized carbons (Fsp3) is 0.385. The fourth-order valence-corrected chi connectivity index (χ4v) is 1.81. The number of nitrogens with zero attached hydrogens (tertiary/aromatic N) is 2. The van der Waals surface area contributed by atoms with Crippen molar-refractivity contribution in [1.29, 1.82) is 0 Å². The SMILES string of the molecule is CN(C)c1cc(C#C[Si](C)(C)C)cc([N+](=O)[O-])c1. The van der Waals surface area contributed by atoms with E-state index in [1.54, 1.807) is 6.07 Å². The molecule has 0 bridgehead atoms. The highest BCUT2D eigenvalue weighted by atomic mass is 28.3. The number of benzene rings is 1. The van der Waals surface area contributed by atoms with Crippen molar-refractivity contribution in [3.63, 3.8) is 0 Å². The van der Waals surface area contributed by atoms with E-state index in [4.69, 9.17) is 0 Å². The molecule has 0 saturated carbocycles. The molecule has 0 aliphatic rings. The summed E-state index contributed by atoms with van der Waals surface area (Å²) < 4.78 is 0. The fourth-order valence-electron chi connectivity index (χ4n) is 1.29. The highest BCUT2D eigenvalue weighted by molar-refractivity contribution is 6.83. The van der Waals surface area contributed by atoms with Gasteiger partial charge in [0.25, 0.3) is 5.69 Å². The zero-order valence-corrected chi connectivity index (χ0v) is 12.4. The summed E-state index contributed by atoms with van der Waals surface area (Å²) >= 11 is 0. The molecule has 96 valence electrons. The second-order valence-electron chi connectivity index (χ2n) is 5.39. The number of hydrogen-bond acceptors (Lipinski definition) is 3. The lowest BCUT2D eigenvalue weighted by Crippen LogP contribution is -2.16. The van der Waals surface area contributed by atoms with Gasteiger partial charge in [-0.15, -0.1) is 5.54 Å². The third-order valence-corrected chi connectivity index (χ3v) is 3.09. The second-order valence-corrected chi connectivity index (χ2v) is 10.1. The zero-order valence-electron chi connectivity index (χ0n) is 11.4. The van der Waals surface area contributed by atoms with Crippen molar-refractivity contribution in [2.75, 3.05) is 19.0 Å². The Morgan fingerprint density at radius 3 is 2.28 bits per heavy atom. The van der Waals surface area contributed by atoms with Crippen LogP contribution in [0.2, 0.25) is 19.6 Å². The van der Waals surface area contributed by atoms with Gasteiger partial charge in [0.2, 0.25) is 0 Å². The van der Waals surface area contributed by atoms with E-state index in [0.29, 0.717) is 5.56 Å². The highest BCUT2D eigenvalue weighted by Crippen LogP contribution is 2.22. The van der Waals surface area contributed by atoms with Gasteiger partial charge in [0.05, 0.1) is 4.92 Å². The van der Waals surface area contributed by atoms with Gasteiger partial charge in [0.15, 0.2) is 0 Å². The van der Waals surface area contributed by atoms with Crippen LogP contribution in [0.3, 0.4) is 0 Å². The maximum Gasteiger partial charge on any atom is 0.272 e. The van der Waals surface area contributed by atoms with Gasteiger partial charge in [0, 0.05) is 37.5 Å². The van der Waals surface area contributed by atoms with E-state index in [2.05, 4.69) is 31.1 Å². The van der Waals surface area contributed by atoms with Crippen LogP contribution in [-0.4, -0.2) is 27.1 Å². The molecule has 5 heteroatoms. The molecule has 0 aliphatic heterocycles. The van der Waals surface area contributed by atoms with Crippen molar-refractivity contribution in [2.24, 2.45) is 0 Å². The lowest BCUT2D eigenvalue weighted by Gasteiger charge is -2.12. The van der Waals surface area contributed by atoms with Crippen molar-refractivity contribution in [3.05, 3.63) is 33.9 Å². The first kappa shape index (κ1) is 14.3. The summed E-state index contributed by atoms with van der Waals surface area (Å²) in [5, 5.41) is 10.9. The van der Waals surface area contributed by atoms with E-state index in [0.717, 1.165) is 5.69 Å². The lowest BCUT2D eigenvalue weighted by molar-refractivity contribution is -0.384. The first-order valence-electron chi connectivity index (χ1n) is 5.69. The van der Waals surface area contributed by atoms with Crippen molar-refractivity contribution in [1.82, 2.24) is 0 Å². The molecule has 0 spiro atoms.